The molecule has 0 aromatic carbocycles. The van der Waals surface area contributed by atoms with E-state index in [1.807, 2.05) is 26.0 Å². The third kappa shape index (κ3) is 4.55. The summed E-state index contributed by atoms with van der Waals surface area (Å²) in [5.74, 6) is 0.977. The van der Waals surface area contributed by atoms with Crippen LogP contribution in [-0.4, -0.2) is 35.2 Å². The lowest BCUT2D eigenvalue weighted by Crippen LogP contribution is -2.49. The lowest BCUT2D eigenvalue weighted by atomic mass is 10.0. The van der Waals surface area contributed by atoms with Gasteiger partial charge in [-0.3, -0.25) is 4.79 Å². The highest BCUT2D eigenvalue weighted by molar-refractivity contribution is 5.79. The number of carbonyl (C=O) groups is 1. The average Bonchev–Trinajstić information content (AvgIpc) is 2.47. The van der Waals surface area contributed by atoms with Gasteiger partial charge in [-0.05, 0) is 38.3 Å². The molecule has 2 atom stereocenters. The van der Waals surface area contributed by atoms with Gasteiger partial charge in [-0.2, -0.15) is 5.10 Å². The van der Waals surface area contributed by atoms with E-state index in [2.05, 4.69) is 27.0 Å². The lowest BCUT2D eigenvalue weighted by molar-refractivity contribution is -0.125. The molecule has 2 rings (SSSR count). The maximum absolute atomic E-state index is 12.2. The Morgan fingerprint density at radius 2 is 2.43 bits per heavy atom. The van der Waals surface area contributed by atoms with Gasteiger partial charge in [-0.15, -0.1) is 11.7 Å². The van der Waals surface area contributed by atoms with Crippen molar-refractivity contribution >= 4 is 11.7 Å². The van der Waals surface area contributed by atoms with Crippen LogP contribution in [-0.2, 0) is 4.79 Å². The minimum Gasteiger partial charge on any atom is -0.353 e. The summed E-state index contributed by atoms with van der Waals surface area (Å²) in [7, 11) is 0. The minimum absolute atomic E-state index is 0.0191. The van der Waals surface area contributed by atoms with Crippen LogP contribution in [0.1, 0.15) is 33.1 Å². The largest absolute Gasteiger partial charge is 0.353 e. The van der Waals surface area contributed by atoms with Crippen LogP contribution >= 0.6 is 0 Å². The molecule has 0 saturated carbocycles. The number of nitrogens with one attached hydrogen (secondary N) is 1. The van der Waals surface area contributed by atoms with Crippen molar-refractivity contribution < 1.29 is 4.79 Å². The minimum atomic E-state index is -0.0191. The van der Waals surface area contributed by atoms with Gasteiger partial charge in [-0.25, -0.2) is 0 Å². The molecule has 5 heteroatoms. The number of allylic oxidation sites excluding steroid dienone is 1. The number of amides is 1. The Morgan fingerprint density at radius 1 is 1.62 bits per heavy atom. The lowest BCUT2D eigenvalue weighted by Gasteiger charge is -2.34. The molecule has 1 amide bonds. The van der Waals surface area contributed by atoms with E-state index in [-0.39, 0.29) is 17.9 Å². The third-order valence-corrected chi connectivity index (χ3v) is 3.75. The van der Waals surface area contributed by atoms with Gasteiger partial charge in [0.2, 0.25) is 5.91 Å². The number of hydrogen-bond acceptors (Lipinski definition) is 4. The molecule has 1 fully saturated rings. The normalized spacial score (nSPS) is 19.9. The van der Waals surface area contributed by atoms with Crippen molar-refractivity contribution in [2.24, 2.45) is 5.92 Å². The van der Waals surface area contributed by atoms with Gasteiger partial charge in [0.15, 0.2) is 5.82 Å². The smallest absolute Gasteiger partial charge is 0.223 e. The van der Waals surface area contributed by atoms with Crippen molar-refractivity contribution in [2.45, 2.75) is 39.2 Å². The van der Waals surface area contributed by atoms with E-state index in [9.17, 15) is 4.79 Å². The molecular formula is C16H24N4O. The monoisotopic (exact) mass is 288 g/mol. The first-order chi connectivity index (χ1) is 10.1. The Labute approximate surface area is 126 Å². The highest BCUT2D eigenvalue weighted by atomic mass is 16.1. The number of hydrogen-bond donors (Lipinski definition) is 1. The molecule has 0 bridgehead atoms. The van der Waals surface area contributed by atoms with Crippen LogP contribution < -0.4 is 10.2 Å². The molecule has 5 nitrogen and oxygen atoms in total. The second kappa shape index (κ2) is 7.20. The van der Waals surface area contributed by atoms with Crippen LogP contribution in [0.15, 0.2) is 30.5 Å². The summed E-state index contributed by atoms with van der Waals surface area (Å²) in [5, 5.41) is 11.2. The molecule has 0 unspecified atom stereocenters. The summed E-state index contributed by atoms with van der Waals surface area (Å²) in [6.07, 6.45) is 4.48. The van der Waals surface area contributed by atoms with E-state index >= 15 is 0 Å². The second-order valence-corrected chi connectivity index (χ2v) is 5.94. The molecule has 21 heavy (non-hydrogen) atoms. The predicted molar refractivity (Wildman–Crippen MR) is 84.0 cm³/mol. The predicted octanol–water partition coefficient (Wildman–Crippen LogP) is 2.16. The zero-order valence-corrected chi connectivity index (χ0v) is 12.9. The summed E-state index contributed by atoms with van der Waals surface area (Å²) >= 11 is 0. The Kier molecular flexibility index (Phi) is 5.31. The number of anilines is 1. The highest BCUT2D eigenvalue weighted by Gasteiger charge is 2.24. The van der Waals surface area contributed by atoms with Gasteiger partial charge in [0, 0.05) is 31.2 Å². The Morgan fingerprint density at radius 3 is 3.10 bits per heavy atom. The molecule has 114 valence electrons. The van der Waals surface area contributed by atoms with Crippen LogP contribution in [0, 0.1) is 5.92 Å². The number of aromatic nitrogens is 2. The van der Waals surface area contributed by atoms with E-state index in [0.29, 0.717) is 0 Å². The number of piperidine rings is 1. The van der Waals surface area contributed by atoms with Crippen molar-refractivity contribution in [1.29, 1.82) is 0 Å². The molecule has 0 spiro atoms. The van der Waals surface area contributed by atoms with Crippen molar-refractivity contribution in [3.05, 3.63) is 30.5 Å². The fourth-order valence-corrected chi connectivity index (χ4v) is 2.72. The number of carbonyl (C=O) groups excluding carboxylic acids is 1. The highest BCUT2D eigenvalue weighted by Crippen LogP contribution is 2.17. The molecule has 1 saturated heterocycles. The van der Waals surface area contributed by atoms with Crippen molar-refractivity contribution in [3.63, 3.8) is 0 Å². The summed E-state index contributed by atoms with van der Waals surface area (Å²) in [5.41, 5.74) is 1.04. The fraction of sp³-hybridized carbons (Fsp3) is 0.562. The zero-order chi connectivity index (χ0) is 15.2. The zero-order valence-electron chi connectivity index (χ0n) is 12.9. The van der Waals surface area contributed by atoms with Gasteiger partial charge in [0.1, 0.15) is 0 Å². The summed E-state index contributed by atoms with van der Waals surface area (Å²) < 4.78 is 0. The molecule has 2 heterocycles. The first-order valence-corrected chi connectivity index (χ1v) is 7.53. The van der Waals surface area contributed by atoms with Crippen LogP contribution in [0.2, 0.25) is 0 Å². The molecule has 0 aliphatic carbocycles. The number of rotatable bonds is 5. The Bertz CT molecular complexity index is 488. The number of nitrogens with zero attached hydrogens (tertiary/aromatic N) is 3. The standard InChI is InChI=1S/C16H24N4O/c1-12(2)10-13(3)16(21)18-14-6-5-9-20(11-14)15-7-4-8-17-19-15/h4,7-8,13-14H,1,5-6,9-11H2,2-3H3,(H,18,21)/t13-,14+/m0/s1. The van der Waals surface area contributed by atoms with E-state index in [4.69, 9.17) is 0 Å². The van der Waals surface area contributed by atoms with Gasteiger partial charge in [0.25, 0.3) is 0 Å². The fourth-order valence-electron chi connectivity index (χ4n) is 2.72. The van der Waals surface area contributed by atoms with E-state index < -0.39 is 0 Å². The van der Waals surface area contributed by atoms with Crippen molar-refractivity contribution in [3.8, 4) is 0 Å². The van der Waals surface area contributed by atoms with Gasteiger partial charge in [0.05, 0.1) is 0 Å². The van der Waals surface area contributed by atoms with Crippen LogP contribution in [0.25, 0.3) is 0 Å². The summed E-state index contributed by atoms with van der Waals surface area (Å²) in [6, 6.07) is 4.03. The topological polar surface area (TPSA) is 58.1 Å². The van der Waals surface area contributed by atoms with Crippen LogP contribution in [0.4, 0.5) is 5.82 Å². The summed E-state index contributed by atoms with van der Waals surface area (Å²) in [6.45, 7) is 9.54. The molecule has 1 N–H and O–H groups in total. The molecule has 1 aromatic rings. The molecule has 1 aliphatic heterocycles. The van der Waals surface area contributed by atoms with E-state index in [1.165, 1.54) is 0 Å². The van der Waals surface area contributed by atoms with Crippen molar-refractivity contribution in [1.82, 2.24) is 15.5 Å². The maximum atomic E-state index is 12.2. The Balaban J connectivity index is 1.89. The van der Waals surface area contributed by atoms with Gasteiger partial charge >= 0.3 is 0 Å². The van der Waals surface area contributed by atoms with Gasteiger partial charge < -0.3 is 10.2 Å². The molecular weight excluding hydrogens is 264 g/mol. The van der Waals surface area contributed by atoms with E-state index in [1.54, 1.807) is 6.20 Å². The quantitative estimate of drug-likeness (QED) is 0.844. The Hall–Kier alpha value is -1.91. The van der Waals surface area contributed by atoms with E-state index in [0.717, 1.165) is 43.7 Å². The van der Waals surface area contributed by atoms with Crippen LogP contribution in [0.3, 0.4) is 0 Å². The third-order valence-electron chi connectivity index (χ3n) is 3.75. The van der Waals surface area contributed by atoms with Crippen LogP contribution in [0.5, 0.6) is 0 Å². The van der Waals surface area contributed by atoms with Gasteiger partial charge in [-0.1, -0.05) is 12.5 Å². The SMILES string of the molecule is C=C(C)C[C@H](C)C(=O)N[C@@H]1CCCN(c2cccnn2)C1. The molecule has 1 aromatic heterocycles. The van der Waals surface area contributed by atoms with Crippen molar-refractivity contribution in [2.75, 3.05) is 18.0 Å². The second-order valence-electron chi connectivity index (χ2n) is 5.94. The summed E-state index contributed by atoms with van der Waals surface area (Å²) in [4.78, 5) is 14.4. The maximum Gasteiger partial charge on any atom is 0.223 e. The first-order valence-electron chi connectivity index (χ1n) is 7.53. The average molecular weight is 288 g/mol. The molecule has 0 radical (unpaired) electrons. The molecule has 1 aliphatic rings. The first kappa shape index (κ1) is 15.5.